The molecule has 0 amide bonds. The molecule has 1 unspecified atom stereocenters. The number of methoxy groups -OCH3 is 1. The SMILES string of the molecule is COCC1CCCN(c2nc3nonc3nc2N2CCOCC2)C1. The van der Waals surface area contributed by atoms with E-state index in [1.165, 1.54) is 6.42 Å². The Hall–Kier alpha value is -2.00. The second-order valence-electron chi connectivity index (χ2n) is 6.29. The highest BCUT2D eigenvalue weighted by Gasteiger charge is 2.27. The molecule has 0 aliphatic carbocycles. The van der Waals surface area contributed by atoms with Crippen molar-refractivity contribution < 1.29 is 14.1 Å². The first-order valence-corrected chi connectivity index (χ1v) is 8.42. The average molecular weight is 334 g/mol. The molecular formula is C15H22N6O3. The third kappa shape index (κ3) is 3.01. The molecule has 0 radical (unpaired) electrons. The van der Waals surface area contributed by atoms with Crippen molar-refractivity contribution in [2.24, 2.45) is 5.92 Å². The van der Waals surface area contributed by atoms with E-state index in [-0.39, 0.29) is 0 Å². The van der Waals surface area contributed by atoms with Gasteiger partial charge >= 0.3 is 0 Å². The lowest BCUT2D eigenvalue weighted by Gasteiger charge is -2.36. The van der Waals surface area contributed by atoms with E-state index >= 15 is 0 Å². The molecule has 2 aliphatic rings. The van der Waals surface area contributed by atoms with Gasteiger partial charge in [0, 0.05) is 33.3 Å². The van der Waals surface area contributed by atoms with Crippen LogP contribution in [0.1, 0.15) is 12.8 Å². The maximum absolute atomic E-state index is 5.46. The maximum Gasteiger partial charge on any atom is 0.245 e. The molecule has 2 aliphatic heterocycles. The fourth-order valence-corrected chi connectivity index (χ4v) is 3.45. The van der Waals surface area contributed by atoms with Crippen molar-refractivity contribution in [2.45, 2.75) is 12.8 Å². The molecule has 2 saturated heterocycles. The molecule has 130 valence electrons. The van der Waals surface area contributed by atoms with Crippen LogP contribution in [0.3, 0.4) is 0 Å². The van der Waals surface area contributed by atoms with Gasteiger partial charge in [0.1, 0.15) is 0 Å². The van der Waals surface area contributed by atoms with E-state index in [0.717, 1.165) is 50.8 Å². The number of piperidine rings is 1. The molecular weight excluding hydrogens is 312 g/mol. The standard InChI is InChI=1S/C15H22N6O3/c1-22-10-11-3-2-4-21(9-11)15-14(20-5-7-23-8-6-20)16-12-13(17-15)19-24-18-12/h11H,2-10H2,1H3. The van der Waals surface area contributed by atoms with Crippen molar-refractivity contribution in [2.75, 3.05) is 62.9 Å². The Morgan fingerprint density at radius 2 is 1.75 bits per heavy atom. The first-order valence-electron chi connectivity index (χ1n) is 8.42. The molecule has 0 aromatic carbocycles. The van der Waals surface area contributed by atoms with Crippen LogP contribution in [0.4, 0.5) is 11.6 Å². The van der Waals surface area contributed by atoms with E-state index in [1.54, 1.807) is 7.11 Å². The van der Waals surface area contributed by atoms with Gasteiger partial charge in [0.25, 0.3) is 0 Å². The number of rotatable bonds is 4. The normalized spacial score (nSPS) is 22.3. The van der Waals surface area contributed by atoms with E-state index in [1.807, 2.05) is 0 Å². The lowest BCUT2D eigenvalue weighted by molar-refractivity contribution is 0.122. The molecule has 1 atom stereocenters. The fraction of sp³-hybridized carbons (Fsp3) is 0.733. The zero-order valence-corrected chi connectivity index (χ0v) is 13.8. The van der Waals surface area contributed by atoms with Gasteiger partial charge in [-0.3, -0.25) is 0 Å². The quantitative estimate of drug-likeness (QED) is 0.802. The zero-order chi connectivity index (χ0) is 16.4. The van der Waals surface area contributed by atoms with Crippen LogP contribution in [0.15, 0.2) is 4.63 Å². The summed E-state index contributed by atoms with van der Waals surface area (Å²) in [5.41, 5.74) is 0.904. The summed E-state index contributed by atoms with van der Waals surface area (Å²) < 4.78 is 15.6. The number of morpholine rings is 1. The summed E-state index contributed by atoms with van der Waals surface area (Å²) in [6.07, 6.45) is 2.30. The van der Waals surface area contributed by atoms with Crippen LogP contribution >= 0.6 is 0 Å². The van der Waals surface area contributed by atoms with Gasteiger partial charge in [-0.15, -0.1) is 0 Å². The molecule has 2 aromatic rings. The Kier molecular flexibility index (Phi) is 4.44. The summed E-state index contributed by atoms with van der Waals surface area (Å²) >= 11 is 0. The predicted molar refractivity (Wildman–Crippen MR) is 87.2 cm³/mol. The Bertz CT molecular complexity index is 685. The Morgan fingerprint density at radius 3 is 2.46 bits per heavy atom. The minimum atomic E-state index is 0.450. The van der Waals surface area contributed by atoms with E-state index in [4.69, 9.17) is 19.1 Å². The molecule has 9 nitrogen and oxygen atoms in total. The number of fused-ring (bicyclic) bond motifs is 1. The molecule has 24 heavy (non-hydrogen) atoms. The average Bonchev–Trinajstić information content (AvgIpc) is 3.09. The number of ether oxygens (including phenoxy) is 2. The summed E-state index contributed by atoms with van der Waals surface area (Å²) in [7, 11) is 1.75. The molecule has 0 N–H and O–H groups in total. The van der Waals surface area contributed by atoms with Crippen molar-refractivity contribution in [3.8, 4) is 0 Å². The van der Waals surface area contributed by atoms with E-state index in [9.17, 15) is 0 Å². The Labute approximate surface area is 139 Å². The predicted octanol–water partition coefficient (Wildman–Crippen LogP) is 0.712. The van der Waals surface area contributed by atoms with Crippen LogP contribution in [-0.4, -0.2) is 73.4 Å². The topological polar surface area (TPSA) is 89.6 Å². The summed E-state index contributed by atoms with van der Waals surface area (Å²) in [4.78, 5) is 13.9. The fourth-order valence-electron chi connectivity index (χ4n) is 3.45. The number of hydrogen-bond donors (Lipinski definition) is 0. The molecule has 0 bridgehead atoms. The smallest absolute Gasteiger partial charge is 0.245 e. The second-order valence-corrected chi connectivity index (χ2v) is 6.29. The van der Waals surface area contributed by atoms with Crippen molar-refractivity contribution in [1.29, 1.82) is 0 Å². The van der Waals surface area contributed by atoms with Gasteiger partial charge in [0.15, 0.2) is 11.6 Å². The van der Waals surface area contributed by atoms with Gasteiger partial charge < -0.3 is 19.3 Å². The molecule has 0 saturated carbocycles. The summed E-state index contributed by atoms with van der Waals surface area (Å²) in [5, 5.41) is 7.71. The highest BCUT2D eigenvalue weighted by atomic mass is 16.6. The second kappa shape index (κ2) is 6.86. The summed E-state index contributed by atoms with van der Waals surface area (Å²) in [5.74, 6) is 2.22. The van der Waals surface area contributed by atoms with Gasteiger partial charge in [-0.1, -0.05) is 0 Å². The molecule has 2 aromatic heterocycles. The van der Waals surface area contributed by atoms with Crippen molar-refractivity contribution in [3.05, 3.63) is 0 Å². The van der Waals surface area contributed by atoms with Crippen LogP contribution in [0.25, 0.3) is 11.3 Å². The molecule has 9 heteroatoms. The van der Waals surface area contributed by atoms with Crippen molar-refractivity contribution in [3.63, 3.8) is 0 Å². The van der Waals surface area contributed by atoms with Gasteiger partial charge in [-0.2, -0.15) is 0 Å². The van der Waals surface area contributed by atoms with E-state index < -0.39 is 0 Å². The largest absolute Gasteiger partial charge is 0.384 e. The first kappa shape index (κ1) is 15.5. The van der Waals surface area contributed by atoms with Crippen LogP contribution in [0, 0.1) is 5.92 Å². The summed E-state index contributed by atoms with van der Waals surface area (Å²) in [6, 6.07) is 0. The Morgan fingerprint density at radius 1 is 1.04 bits per heavy atom. The van der Waals surface area contributed by atoms with Gasteiger partial charge in [-0.05, 0) is 29.1 Å². The molecule has 4 heterocycles. The maximum atomic E-state index is 5.46. The lowest BCUT2D eigenvalue weighted by atomic mass is 9.99. The number of nitrogens with zero attached hydrogens (tertiary/aromatic N) is 6. The third-order valence-corrected chi connectivity index (χ3v) is 4.61. The minimum absolute atomic E-state index is 0.450. The van der Waals surface area contributed by atoms with Gasteiger partial charge in [-0.25, -0.2) is 14.6 Å². The van der Waals surface area contributed by atoms with Crippen LogP contribution in [-0.2, 0) is 9.47 Å². The third-order valence-electron chi connectivity index (χ3n) is 4.61. The first-order chi connectivity index (χ1) is 11.8. The summed E-state index contributed by atoms with van der Waals surface area (Å²) in [6.45, 7) is 5.64. The van der Waals surface area contributed by atoms with Gasteiger partial charge in [0.05, 0.1) is 19.8 Å². The number of hydrogen-bond acceptors (Lipinski definition) is 9. The van der Waals surface area contributed by atoms with Crippen molar-refractivity contribution >= 4 is 22.9 Å². The van der Waals surface area contributed by atoms with Crippen LogP contribution in [0.2, 0.25) is 0 Å². The number of anilines is 2. The van der Waals surface area contributed by atoms with Crippen LogP contribution in [0.5, 0.6) is 0 Å². The highest BCUT2D eigenvalue weighted by molar-refractivity contribution is 5.74. The Balaban J connectivity index is 1.69. The lowest BCUT2D eigenvalue weighted by Crippen LogP contribution is -2.41. The highest BCUT2D eigenvalue weighted by Crippen LogP contribution is 2.31. The molecule has 2 fully saturated rings. The van der Waals surface area contributed by atoms with E-state index in [0.29, 0.717) is 30.4 Å². The van der Waals surface area contributed by atoms with E-state index in [2.05, 4.69) is 25.1 Å². The molecule has 4 rings (SSSR count). The monoisotopic (exact) mass is 334 g/mol. The molecule has 0 spiro atoms. The number of aromatic nitrogens is 4. The van der Waals surface area contributed by atoms with Crippen LogP contribution < -0.4 is 9.80 Å². The van der Waals surface area contributed by atoms with Gasteiger partial charge in [0.2, 0.25) is 11.3 Å². The van der Waals surface area contributed by atoms with Crippen molar-refractivity contribution in [1.82, 2.24) is 20.3 Å². The minimum Gasteiger partial charge on any atom is -0.384 e. The zero-order valence-electron chi connectivity index (χ0n) is 13.8.